The molecule has 0 amide bonds. The van der Waals surface area contributed by atoms with Gasteiger partial charge in [0.1, 0.15) is 17.2 Å². The normalized spacial score (nSPS) is 10.5. The highest BCUT2D eigenvalue weighted by molar-refractivity contribution is 6.07. The molecular formula is C33H30O5. The number of ketones is 2. The average molecular weight is 507 g/mol. The summed E-state index contributed by atoms with van der Waals surface area (Å²) in [6.45, 7) is 0. The first-order chi connectivity index (χ1) is 18.5. The smallest absolute Gasteiger partial charge is 0.185 e. The lowest BCUT2D eigenvalue weighted by molar-refractivity contribution is 0.103. The highest BCUT2D eigenvalue weighted by Crippen LogP contribution is 2.25. The molecule has 4 aromatic carbocycles. The van der Waals surface area contributed by atoms with E-state index in [1.54, 1.807) is 63.8 Å². The van der Waals surface area contributed by atoms with Gasteiger partial charge in [-0.25, -0.2) is 0 Å². The Morgan fingerprint density at radius 3 is 1.66 bits per heavy atom. The van der Waals surface area contributed by atoms with Crippen molar-refractivity contribution < 1.29 is 23.8 Å². The highest BCUT2D eigenvalue weighted by atomic mass is 16.5. The number of ether oxygens (including phenoxy) is 3. The van der Waals surface area contributed by atoms with Crippen LogP contribution in [-0.2, 0) is 0 Å². The van der Waals surface area contributed by atoms with Crippen LogP contribution in [0, 0.1) is 0 Å². The van der Waals surface area contributed by atoms with E-state index >= 15 is 0 Å². The second-order valence-electron chi connectivity index (χ2n) is 8.01. The summed E-state index contributed by atoms with van der Waals surface area (Å²) in [5, 5.41) is 0. The number of allylic oxidation sites excluding steroid dienone is 2. The first kappa shape index (κ1) is 27.7. The summed E-state index contributed by atoms with van der Waals surface area (Å²) in [7, 11) is 4.77. The van der Waals surface area contributed by atoms with Gasteiger partial charge in [0.15, 0.2) is 11.6 Å². The zero-order chi connectivity index (χ0) is 27.2. The van der Waals surface area contributed by atoms with Gasteiger partial charge in [-0.2, -0.15) is 0 Å². The summed E-state index contributed by atoms with van der Waals surface area (Å²) in [6, 6.07) is 31.5. The number of methoxy groups -OCH3 is 3. The van der Waals surface area contributed by atoms with E-state index in [2.05, 4.69) is 0 Å². The van der Waals surface area contributed by atoms with Crippen LogP contribution in [0.3, 0.4) is 0 Å². The molecular weight excluding hydrogens is 476 g/mol. The quantitative estimate of drug-likeness (QED) is 0.178. The van der Waals surface area contributed by atoms with Crippen LogP contribution in [0.5, 0.6) is 17.2 Å². The second kappa shape index (κ2) is 14.6. The van der Waals surface area contributed by atoms with Gasteiger partial charge in [0.05, 0.1) is 21.3 Å². The van der Waals surface area contributed by atoms with Crippen molar-refractivity contribution in [1.29, 1.82) is 0 Å². The molecule has 0 saturated carbocycles. The minimum atomic E-state index is -0.0828. The molecule has 0 heterocycles. The van der Waals surface area contributed by atoms with Crippen molar-refractivity contribution in [3.05, 3.63) is 138 Å². The van der Waals surface area contributed by atoms with E-state index < -0.39 is 0 Å². The Morgan fingerprint density at radius 1 is 0.553 bits per heavy atom. The van der Waals surface area contributed by atoms with E-state index in [4.69, 9.17) is 14.2 Å². The van der Waals surface area contributed by atoms with E-state index in [0.29, 0.717) is 17.1 Å². The maximum atomic E-state index is 12.1. The highest BCUT2D eigenvalue weighted by Gasteiger charge is 2.05. The fourth-order valence-electron chi connectivity index (χ4n) is 3.41. The maximum Gasteiger partial charge on any atom is 0.185 e. The predicted molar refractivity (Wildman–Crippen MR) is 152 cm³/mol. The van der Waals surface area contributed by atoms with Gasteiger partial charge in [-0.05, 0) is 60.2 Å². The lowest BCUT2D eigenvalue weighted by Crippen LogP contribution is -1.95. The van der Waals surface area contributed by atoms with Crippen molar-refractivity contribution in [3.63, 3.8) is 0 Å². The van der Waals surface area contributed by atoms with Crippen LogP contribution in [-0.4, -0.2) is 32.9 Å². The SMILES string of the molecule is COc1ccc(C(=O)C=Cc2ccc(OC)cc2OC)cc1.O=C(C=Cc1ccccc1)c1ccccc1. The summed E-state index contributed by atoms with van der Waals surface area (Å²) in [5.74, 6) is 2.02. The van der Waals surface area contributed by atoms with Crippen LogP contribution in [0.4, 0.5) is 0 Å². The Labute approximate surface area is 223 Å². The van der Waals surface area contributed by atoms with Crippen molar-refractivity contribution in [2.45, 2.75) is 0 Å². The third-order valence-corrected chi connectivity index (χ3v) is 5.51. The molecule has 5 nitrogen and oxygen atoms in total. The minimum Gasteiger partial charge on any atom is -0.497 e. The summed E-state index contributed by atoms with van der Waals surface area (Å²) < 4.78 is 15.5. The topological polar surface area (TPSA) is 61.8 Å². The Bertz CT molecular complexity index is 1370. The molecule has 0 N–H and O–H groups in total. The predicted octanol–water partition coefficient (Wildman–Crippen LogP) is 7.19. The largest absolute Gasteiger partial charge is 0.497 e. The van der Waals surface area contributed by atoms with Crippen molar-refractivity contribution >= 4 is 23.7 Å². The van der Waals surface area contributed by atoms with Crippen LogP contribution in [0.1, 0.15) is 31.8 Å². The number of carbonyl (C=O) groups is 2. The van der Waals surface area contributed by atoms with Gasteiger partial charge < -0.3 is 14.2 Å². The van der Waals surface area contributed by atoms with Gasteiger partial charge in [0.2, 0.25) is 0 Å². The minimum absolute atomic E-state index is 0.0319. The summed E-state index contributed by atoms with van der Waals surface area (Å²) >= 11 is 0. The fourth-order valence-corrected chi connectivity index (χ4v) is 3.41. The molecule has 5 heteroatoms. The Morgan fingerprint density at radius 2 is 1.08 bits per heavy atom. The Balaban J connectivity index is 0.000000221. The standard InChI is InChI=1S/C18H18O4.C15H12O/c1-20-15-8-4-13(5-9-15)17(19)11-7-14-6-10-16(21-2)12-18(14)22-3;16-15(14-9-5-2-6-10-14)12-11-13-7-3-1-4-8-13/h4-12H,1-3H3;1-12H. The molecule has 0 spiro atoms. The molecule has 0 saturated heterocycles. The van der Waals surface area contributed by atoms with Crippen LogP contribution in [0.2, 0.25) is 0 Å². The lowest BCUT2D eigenvalue weighted by atomic mass is 10.1. The molecule has 192 valence electrons. The molecule has 0 aliphatic carbocycles. The molecule has 4 aromatic rings. The van der Waals surface area contributed by atoms with E-state index in [0.717, 1.165) is 22.4 Å². The Kier molecular flexibility index (Phi) is 10.6. The summed E-state index contributed by atoms with van der Waals surface area (Å²) in [6.07, 6.45) is 6.68. The third kappa shape index (κ3) is 8.35. The molecule has 4 rings (SSSR count). The molecule has 0 bridgehead atoms. The van der Waals surface area contributed by atoms with E-state index in [1.165, 1.54) is 6.08 Å². The van der Waals surface area contributed by atoms with Crippen LogP contribution >= 0.6 is 0 Å². The first-order valence-corrected chi connectivity index (χ1v) is 11.9. The fraction of sp³-hybridized carbons (Fsp3) is 0.0909. The molecule has 0 unspecified atom stereocenters. The van der Waals surface area contributed by atoms with E-state index in [1.807, 2.05) is 78.9 Å². The van der Waals surface area contributed by atoms with Gasteiger partial charge in [0, 0.05) is 22.8 Å². The van der Waals surface area contributed by atoms with Crippen LogP contribution < -0.4 is 14.2 Å². The molecule has 0 radical (unpaired) electrons. The number of carbonyl (C=O) groups excluding carboxylic acids is 2. The van der Waals surface area contributed by atoms with Crippen molar-refractivity contribution in [3.8, 4) is 17.2 Å². The number of benzene rings is 4. The second-order valence-corrected chi connectivity index (χ2v) is 8.01. The zero-order valence-electron chi connectivity index (χ0n) is 21.7. The Hall–Kier alpha value is -4.90. The number of rotatable bonds is 9. The maximum absolute atomic E-state index is 12.1. The van der Waals surface area contributed by atoms with Crippen LogP contribution in [0.15, 0.2) is 115 Å². The van der Waals surface area contributed by atoms with Crippen LogP contribution in [0.25, 0.3) is 12.2 Å². The van der Waals surface area contributed by atoms with Gasteiger partial charge in [-0.15, -0.1) is 0 Å². The summed E-state index contributed by atoms with van der Waals surface area (Å²) in [4.78, 5) is 23.9. The first-order valence-electron chi connectivity index (χ1n) is 11.9. The molecule has 38 heavy (non-hydrogen) atoms. The van der Waals surface area contributed by atoms with Crippen molar-refractivity contribution in [2.24, 2.45) is 0 Å². The van der Waals surface area contributed by atoms with Gasteiger partial charge in [-0.3, -0.25) is 9.59 Å². The van der Waals surface area contributed by atoms with Crippen molar-refractivity contribution in [1.82, 2.24) is 0 Å². The molecule has 0 aromatic heterocycles. The number of hydrogen-bond donors (Lipinski definition) is 0. The average Bonchev–Trinajstić information content (AvgIpc) is 2.99. The zero-order valence-corrected chi connectivity index (χ0v) is 21.7. The molecule has 0 aliphatic heterocycles. The molecule has 0 fully saturated rings. The van der Waals surface area contributed by atoms with Gasteiger partial charge in [0.25, 0.3) is 0 Å². The van der Waals surface area contributed by atoms with Gasteiger partial charge >= 0.3 is 0 Å². The van der Waals surface area contributed by atoms with Crippen molar-refractivity contribution in [2.75, 3.05) is 21.3 Å². The monoisotopic (exact) mass is 506 g/mol. The van der Waals surface area contributed by atoms with E-state index in [9.17, 15) is 9.59 Å². The van der Waals surface area contributed by atoms with Gasteiger partial charge in [-0.1, -0.05) is 66.7 Å². The number of hydrogen-bond acceptors (Lipinski definition) is 5. The summed E-state index contributed by atoms with van der Waals surface area (Å²) in [5.41, 5.74) is 3.16. The van der Waals surface area contributed by atoms with E-state index in [-0.39, 0.29) is 11.6 Å². The lowest BCUT2D eigenvalue weighted by Gasteiger charge is -2.07. The molecule has 0 atom stereocenters. The molecule has 0 aliphatic rings. The third-order valence-electron chi connectivity index (χ3n) is 5.51.